The monoisotopic (exact) mass is 568 g/mol. The van der Waals surface area contributed by atoms with Gasteiger partial charge in [-0.05, 0) is 25.7 Å². The van der Waals surface area contributed by atoms with Gasteiger partial charge in [-0.3, -0.25) is 0 Å². The van der Waals surface area contributed by atoms with Gasteiger partial charge in [0.25, 0.3) is 0 Å². The fourth-order valence-corrected chi connectivity index (χ4v) is 4.15. The van der Waals surface area contributed by atoms with Crippen molar-refractivity contribution in [2.75, 3.05) is 55.4 Å². The lowest BCUT2D eigenvalue weighted by Gasteiger charge is -2.23. The fraction of sp³-hybridized carbons (Fsp3) is 1.00. The second-order valence-electron chi connectivity index (χ2n) is 12.9. The van der Waals surface area contributed by atoms with Crippen molar-refractivity contribution >= 4 is 10.4 Å². The van der Waals surface area contributed by atoms with Crippen molar-refractivity contribution in [3.63, 3.8) is 0 Å². The number of nitrogens with zero attached hydrogens (tertiary/aromatic N) is 2. The molecule has 0 aromatic heterocycles. The molecule has 0 aromatic rings. The Bertz CT molecular complexity index is 524. The van der Waals surface area contributed by atoms with Crippen LogP contribution in [0.25, 0.3) is 0 Å². The zero-order valence-corrected chi connectivity index (χ0v) is 27.7. The maximum absolute atomic E-state index is 8.91. The summed E-state index contributed by atoms with van der Waals surface area (Å²) in [7, 11) is 8.75. The van der Waals surface area contributed by atoms with E-state index in [1.165, 1.54) is 142 Å². The van der Waals surface area contributed by atoms with Gasteiger partial charge >= 0.3 is 0 Å². The van der Waals surface area contributed by atoms with Crippen molar-refractivity contribution in [2.24, 2.45) is 0 Å². The van der Waals surface area contributed by atoms with E-state index in [1.54, 1.807) is 0 Å². The van der Waals surface area contributed by atoms with E-state index in [2.05, 4.69) is 60.5 Å². The highest BCUT2D eigenvalue weighted by Gasteiger charge is 2.05. The highest BCUT2D eigenvalue weighted by atomic mass is 32.3. The molecule has 0 amide bonds. The largest absolute Gasteiger partial charge is 0.726 e. The SMILES string of the molecule is CCCCCCCCCCCC[N+](C)(C)C.CCCCCCCCCCCC[N+](C)(C)C.O=S(=O)([O-])O[O-]. The van der Waals surface area contributed by atoms with Crippen LogP contribution in [0.2, 0.25) is 0 Å². The molecule has 0 aliphatic rings. The normalized spacial score (nSPS) is 11.9. The minimum absolute atomic E-state index is 1.12. The zero-order chi connectivity index (χ0) is 29.8. The maximum Gasteiger partial charge on any atom is 0.208 e. The second kappa shape index (κ2) is 28.3. The van der Waals surface area contributed by atoms with Crippen LogP contribution in [0.15, 0.2) is 0 Å². The van der Waals surface area contributed by atoms with E-state index >= 15 is 0 Å². The van der Waals surface area contributed by atoms with Gasteiger partial charge in [0.1, 0.15) is 0 Å². The van der Waals surface area contributed by atoms with Crippen LogP contribution in [0.1, 0.15) is 142 Å². The first-order chi connectivity index (χ1) is 17.7. The van der Waals surface area contributed by atoms with Crippen LogP contribution in [-0.2, 0) is 14.7 Å². The fourth-order valence-electron chi connectivity index (χ4n) is 4.15. The molecule has 0 aliphatic heterocycles. The molecule has 8 heteroatoms. The van der Waals surface area contributed by atoms with Crippen LogP contribution in [0, 0.1) is 0 Å². The first kappa shape index (κ1) is 42.2. The average Bonchev–Trinajstić information content (AvgIpc) is 2.80. The van der Waals surface area contributed by atoms with Crippen molar-refractivity contribution in [1.82, 2.24) is 0 Å². The van der Waals surface area contributed by atoms with Gasteiger partial charge in [-0.15, -0.1) is 0 Å². The Balaban J connectivity index is -0.000000532. The van der Waals surface area contributed by atoms with Gasteiger partial charge in [0, 0.05) is 0 Å². The molecule has 0 rings (SSSR count). The summed E-state index contributed by atoms with van der Waals surface area (Å²) in [6.07, 6.45) is 28.8. The Morgan fingerprint density at radius 3 is 0.816 bits per heavy atom. The van der Waals surface area contributed by atoms with E-state index in [4.69, 9.17) is 18.2 Å². The average molecular weight is 569 g/mol. The molecule has 0 saturated heterocycles. The molecular weight excluding hydrogens is 500 g/mol. The molecule has 0 fully saturated rings. The van der Waals surface area contributed by atoms with Gasteiger partial charge in [0.2, 0.25) is 10.4 Å². The molecule has 0 spiro atoms. The smallest absolute Gasteiger partial charge is 0.208 e. The van der Waals surface area contributed by atoms with Crippen LogP contribution in [0.4, 0.5) is 0 Å². The standard InChI is InChI=1S/2C15H34N.H2O5S/c2*1-5-6-7-8-9-10-11-12-13-14-15-16(2,3)4;1-5-6(2,3)4/h2*5-15H2,1-4H3;1H,(H,2,3,4)/q2*+1;/p-2. The molecular formula is C30H68N2O5S. The Morgan fingerprint density at radius 2 is 0.658 bits per heavy atom. The topological polar surface area (TPSA) is 89.5 Å². The molecule has 0 radical (unpaired) electrons. The zero-order valence-electron chi connectivity index (χ0n) is 26.9. The van der Waals surface area contributed by atoms with E-state index in [0.29, 0.717) is 0 Å². The molecule has 0 saturated carbocycles. The highest BCUT2D eigenvalue weighted by molar-refractivity contribution is 7.80. The van der Waals surface area contributed by atoms with E-state index in [9.17, 15) is 0 Å². The third-order valence-corrected chi connectivity index (χ3v) is 6.61. The molecule has 0 heterocycles. The van der Waals surface area contributed by atoms with E-state index in [-0.39, 0.29) is 0 Å². The molecule has 38 heavy (non-hydrogen) atoms. The quantitative estimate of drug-likeness (QED) is 0.0332. The molecule has 0 unspecified atom stereocenters. The first-order valence-corrected chi connectivity index (χ1v) is 16.9. The Kier molecular flexibility index (Phi) is 31.4. The summed E-state index contributed by atoms with van der Waals surface area (Å²) in [5.41, 5.74) is 0. The van der Waals surface area contributed by atoms with Crippen molar-refractivity contribution in [3.05, 3.63) is 0 Å². The third-order valence-electron chi connectivity index (χ3n) is 6.45. The summed E-state index contributed by atoms with van der Waals surface area (Å²) in [5, 5.41) is 8.55. The van der Waals surface area contributed by atoms with Crippen LogP contribution in [0.3, 0.4) is 0 Å². The van der Waals surface area contributed by atoms with E-state index in [1.807, 2.05) is 0 Å². The molecule has 0 N–H and O–H groups in total. The van der Waals surface area contributed by atoms with E-state index in [0.717, 1.165) is 8.97 Å². The van der Waals surface area contributed by atoms with Crippen molar-refractivity contribution < 1.29 is 31.5 Å². The number of unbranched alkanes of at least 4 members (excludes halogenated alkanes) is 18. The summed E-state index contributed by atoms with van der Waals surface area (Å²) < 4.78 is 31.1. The molecule has 0 atom stereocenters. The highest BCUT2D eigenvalue weighted by Crippen LogP contribution is 2.12. The summed E-state index contributed by atoms with van der Waals surface area (Å²) in [5.74, 6) is 0. The second-order valence-corrected chi connectivity index (χ2v) is 13.8. The number of rotatable bonds is 23. The molecule has 7 nitrogen and oxygen atoms in total. The van der Waals surface area contributed by atoms with Crippen LogP contribution >= 0.6 is 0 Å². The van der Waals surface area contributed by atoms with Crippen molar-refractivity contribution in [2.45, 2.75) is 142 Å². The van der Waals surface area contributed by atoms with Crippen LogP contribution in [0.5, 0.6) is 0 Å². The van der Waals surface area contributed by atoms with Gasteiger partial charge < -0.3 is 23.1 Å². The summed E-state index contributed by atoms with van der Waals surface area (Å²) >= 11 is 0. The van der Waals surface area contributed by atoms with Gasteiger partial charge in [-0.1, -0.05) is 117 Å². The molecule has 0 bridgehead atoms. The van der Waals surface area contributed by atoms with Crippen molar-refractivity contribution in [1.29, 1.82) is 0 Å². The lowest BCUT2D eigenvalue weighted by atomic mass is 10.1. The van der Waals surface area contributed by atoms with Crippen LogP contribution < -0.4 is 5.26 Å². The lowest BCUT2D eigenvalue weighted by Crippen LogP contribution is -2.35. The number of quaternary nitrogens is 2. The minimum Gasteiger partial charge on any atom is -0.726 e. The summed E-state index contributed by atoms with van der Waals surface area (Å²) in [6.45, 7) is 7.23. The van der Waals surface area contributed by atoms with Gasteiger partial charge in [-0.25, -0.2) is 8.42 Å². The maximum atomic E-state index is 8.91. The van der Waals surface area contributed by atoms with Gasteiger partial charge in [0.15, 0.2) is 0 Å². The number of hydrogen-bond donors (Lipinski definition) is 0. The minimum atomic E-state index is -4.97. The summed E-state index contributed by atoms with van der Waals surface area (Å²) in [6, 6.07) is 0. The predicted octanol–water partition coefficient (Wildman–Crippen LogP) is 6.97. The predicted molar refractivity (Wildman–Crippen MR) is 160 cm³/mol. The molecule has 234 valence electrons. The third kappa shape index (κ3) is 52.2. The molecule has 0 aromatic carbocycles. The van der Waals surface area contributed by atoms with Crippen molar-refractivity contribution in [3.8, 4) is 0 Å². The number of hydrogen-bond acceptors (Lipinski definition) is 5. The van der Waals surface area contributed by atoms with E-state index < -0.39 is 10.4 Å². The van der Waals surface area contributed by atoms with Crippen LogP contribution in [-0.4, -0.2) is 77.3 Å². The Morgan fingerprint density at radius 1 is 0.474 bits per heavy atom. The Labute approximate surface area is 239 Å². The lowest BCUT2D eigenvalue weighted by molar-refractivity contribution is -0.870. The Hall–Kier alpha value is -0.250. The van der Waals surface area contributed by atoms with Gasteiger partial charge in [0.05, 0.1) is 55.4 Å². The van der Waals surface area contributed by atoms with Gasteiger partial charge in [-0.2, -0.15) is 0 Å². The summed E-state index contributed by atoms with van der Waals surface area (Å²) in [4.78, 5) is 0. The molecule has 0 aliphatic carbocycles. The first-order valence-electron chi connectivity index (χ1n) is 15.6.